The predicted octanol–water partition coefficient (Wildman–Crippen LogP) is 1.62. The van der Waals surface area contributed by atoms with Gasteiger partial charge in [0.2, 0.25) is 0 Å². The summed E-state index contributed by atoms with van der Waals surface area (Å²) >= 11 is 0. The second-order valence-corrected chi connectivity index (χ2v) is 4.23. The van der Waals surface area contributed by atoms with E-state index in [9.17, 15) is 26.4 Å². The number of alkyl halides is 3. The quantitative estimate of drug-likeness (QED) is 0.360. The Kier molecular flexibility index (Phi) is 4.36. The highest BCUT2D eigenvalue weighted by Crippen LogP contribution is 2.28. The third kappa shape index (κ3) is 3.40. The Labute approximate surface area is 89.6 Å². The molecule has 0 aliphatic carbocycles. The second-order valence-electron chi connectivity index (χ2n) is 2.69. The summed E-state index contributed by atoms with van der Waals surface area (Å²) in [5.41, 5.74) is -6.16. The lowest BCUT2D eigenvalue weighted by Crippen LogP contribution is -2.26. The number of hydrogen-bond acceptors (Lipinski definition) is 4. The first-order valence-electron chi connectivity index (χ1n) is 3.96. The number of carboxylic acid groups (broad SMARTS) is 1. The molecular weight excluding hydrogens is 253 g/mol. The highest BCUT2D eigenvalue weighted by molar-refractivity contribution is 7.87. The van der Waals surface area contributed by atoms with Crippen LogP contribution >= 0.6 is 0 Å². The lowest BCUT2D eigenvalue weighted by Gasteiger charge is -2.12. The molecule has 16 heavy (non-hydrogen) atoms. The van der Waals surface area contributed by atoms with E-state index in [1.165, 1.54) is 6.92 Å². The van der Waals surface area contributed by atoms with Crippen LogP contribution in [0.1, 0.15) is 20.3 Å². The van der Waals surface area contributed by atoms with Gasteiger partial charge in [0, 0.05) is 6.42 Å². The number of rotatable bonds is 4. The fourth-order valence-corrected chi connectivity index (χ4v) is 1.29. The lowest BCUT2D eigenvalue weighted by molar-refractivity contribution is -0.132. The summed E-state index contributed by atoms with van der Waals surface area (Å²) in [5, 5.41) is 8.47. The molecule has 94 valence electrons. The Balaban J connectivity index is 5.27. The van der Waals surface area contributed by atoms with Crippen molar-refractivity contribution in [3.8, 4) is 0 Å². The Bertz CT molecular complexity index is 406. The van der Waals surface area contributed by atoms with Crippen molar-refractivity contribution in [1.29, 1.82) is 0 Å². The molecule has 0 aromatic heterocycles. The van der Waals surface area contributed by atoms with Crippen molar-refractivity contribution < 1.29 is 35.7 Å². The van der Waals surface area contributed by atoms with Crippen molar-refractivity contribution in [1.82, 2.24) is 0 Å². The fraction of sp³-hybridized carbons (Fsp3) is 0.571. The van der Waals surface area contributed by atoms with Crippen LogP contribution < -0.4 is 0 Å². The van der Waals surface area contributed by atoms with Crippen LogP contribution in [0.25, 0.3) is 0 Å². The summed E-state index contributed by atoms with van der Waals surface area (Å²) in [7, 11) is -5.81. The van der Waals surface area contributed by atoms with Gasteiger partial charge in [-0.3, -0.25) is 0 Å². The zero-order chi connectivity index (χ0) is 13.1. The van der Waals surface area contributed by atoms with Gasteiger partial charge in [-0.05, 0) is 6.92 Å². The van der Waals surface area contributed by atoms with E-state index in [2.05, 4.69) is 4.18 Å². The highest BCUT2D eigenvalue weighted by atomic mass is 32.2. The van der Waals surface area contributed by atoms with Crippen LogP contribution in [0.4, 0.5) is 13.2 Å². The molecule has 0 atom stereocenters. The van der Waals surface area contributed by atoms with Crippen molar-refractivity contribution in [2.75, 3.05) is 0 Å². The van der Waals surface area contributed by atoms with E-state index in [1.54, 1.807) is 0 Å². The molecule has 0 unspecified atom stereocenters. The minimum atomic E-state index is -5.81. The molecule has 0 spiro atoms. The number of aliphatic carboxylic acids is 1. The van der Waals surface area contributed by atoms with E-state index in [0.717, 1.165) is 6.92 Å². The van der Waals surface area contributed by atoms with Crippen LogP contribution in [0, 0.1) is 0 Å². The van der Waals surface area contributed by atoms with Crippen LogP contribution in [-0.2, 0) is 19.1 Å². The lowest BCUT2D eigenvalue weighted by atomic mass is 10.2. The molecule has 9 heteroatoms. The van der Waals surface area contributed by atoms with Gasteiger partial charge in [-0.2, -0.15) is 21.6 Å². The first-order valence-corrected chi connectivity index (χ1v) is 5.37. The largest absolute Gasteiger partial charge is 0.534 e. The van der Waals surface area contributed by atoms with Gasteiger partial charge in [-0.25, -0.2) is 4.79 Å². The molecule has 0 rings (SSSR count). The van der Waals surface area contributed by atoms with Gasteiger partial charge in [-0.1, -0.05) is 6.92 Å². The standard InChI is InChI=1S/C7H9F3O5S/c1-3-5(4(2)6(11)12)15-16(13,14)7(8,9)10/h3H2,1-2H3,(H,11,12). The Hall–Kier alpha value is -1.25. The van der Waals surface area contributed by atoms with Crippen LogP contribution in [0.15, 0.2) is 11.3 Å². The number of halogens is 3. The summed E-state index contributed by atoms with van der Waals surface area (Å²) in [6.45, 7) is 2.22. The first-order chi connectivity index (χ1) is 7.03. The third-order valence-electron chi connectivity index (χ3n) is 1.55. The molecule has 0 aliphatic heterocycles. The van der Waals surface area contributed by atoms with E-state index >= 15 is 0 Å². The molecule has 0 bridgehead atoms. The molecule has 5 nitrogen and oxygen atoms in total. The Morgan fingerprint density at radius 2 is 1.81 bits per heavy atom. The molecular formula is C7H9F3O5S. The van der Waals surface area contributed by atoms with Crippen LogP contribution in [0.5, 0.6) is 0 Å². The summed E-state index contributed by atoms with van der Waals surface area (Å²) in [6.07, 6.45) is -0.284. The summed E-state index contributed by atoms with van der Waals surface area (Å²) < 4.78 is 60.6. The van der Waals surface area contributed by atoms with Gasteiger partial charge in [0.15, 0.2) is 0 Å². The number of hydrogen-bond donors (Lipinski definition) is 1. The molecule has 0 radical (unpaired) electrons. The van der Waals surface area contributed by atoms with Gasteiger partial charge in [0.05, 0.1) is 5.57 Å². The Morgan fingerprint density at radius 1 is 1.38 bits per heavy atom. The first kappa shape index (κ1) is 14.8. The zero-order valence-electron chi connectivity index (χ0n) is 8.33. The molecule has 0 saturated carbocycles. The molecule has 0 saturated heterocycles. The molecule has 0 fully saturated rings. The maximum absolute atomic E-state index is 11.9. The second kappa shape index (κ2) is 4.73. The van der Waals surface area contributed by atoms with Crippen molar-refractivity contribution in [3.63, 3.8) is 0 Å². The maximum atomic E-state index is 11.9. The van der Waals surface area contributed by atoms with Crippen LogP contribution in [-0.4, -0.2) is 25.0 Å². The maximum Gasteiger partial charge on any atom is 0.534 e. The third-order valence-corrected chi connectivity index (χ3v) is 2.54. The minimum Gasteiger partial charge on any atom is -0.478 e. The number of carboxylic acids is 1. The van der Waals surface area contributed by atoms with E-state index in [4.69, 9.17) is 5.11 Å². The molecule has 1 N–H and O–H groups in total. The van der Waals surface area contributed by atoms with Crippen LogP contribution in [0.3, 0.4) is 0 Å². The van der Waals surface area contributed by atoms with E-state index in [-0.39, 0.29) is 6.42 Å². The summed E-state index contributed by atoms with van der Waals surface area (Å²) in [5.74, 6) is -2.29. The molecule has 0 aliphatic rings. The molecule has 0 aromatic rings. The smallest absolute Gasteiger partial charge is 0.478 e. The topological polar surface area (TPSA) is 80.7 Å². The molecule has 0 amide bonds. The van der Waals surface area contributed by atoms with Gasteiger partial charge in [0.1, 0.15) is 5.76 Å². The average Bonchev–Trinajstić information content (AvgIpc) is 2.11. The van der Waals surface area contributed by atoms with Crippen molar-refractivity contribution in [3.05, 3.63) is 11.3 Å². The van der Waals surface area contributed by atoms with Gasteiger partial charge >= 0.3 is 21.6 Å². The number of carbonyl (C=O) groups is 1. The van der Waals surface area contributed by atoms with E-state index in [0.29, 0.717) is 0 Å². The predicted molar refractivity (Wildman–Crippen MR) is 46.7 cm³/mol. The van der Waals surface area contributed by atoms with Gasteiger partial charge in [0.25, 0.3) is 0 Å². The fourth-order valence-electron chi connectivity index (χ4n) is 0.686. The van der Waals surface area contributed by atoms with Crippen LogP contribution in [0.2, 0.25) is 0 Å². The average molecular weight is 262 g/mol. The zero-order valence-corrected chi connectivity index (χ0v) is 9.15. The highest BCUT2D eigenvalue weighted by Gasteiger charge is 2.49. The van der Waals surface area contributed by atoms with Gasteiger partial charge in [-0.15, -0.1) is 0 Å². The SMILES string of the molecule is CCC(OS(=O)(=O)C(F)(F)F)=C(C)C(=O)O. The minimum absolute atomic E-state index is 0.284. The van der Waals surface area contributed by atoms with Crippen molar-refractivity contribution in [2.24, 2.45) is 0 Å². The van der Waals surface area contributed by atoms with E-state index in [1.807, 2.05) is 0 Å². The summed E-state index contributed by atoms with van der Waals surface area (Å²) in [6, 6.07) is 0. The monoisotopic (exact) mass is 262 g/mol. The normalized spacial score (nSPS) is 14.3. The van der Waals surface area contributed by atoms with Crippen molar-refractivity contribution >= 4 is 16.1 Å². The van der Waals surface area contributed by atoms with Crippen molar-refractivity contribution in [2.45, 2.75) is 25.8 Å². The summed E-state index contributed by atoms with van der Waals surface area (Å²) in [4.78, 5) is 10.4. The molecule has 0 aromatic carbocycles. The molecule has 0 heterocycles. The van der Waals surface area contributed by atoms with Gasteiger partial charge < -0.3 is 9.29 Å². The number of allylic oxidation sites excluding steroid dienone is 1. The van der Waals surface area contributed by atoms with E-state index < -0.39 is 32.9 Å². The Morgan fingerprint density at radius 3 is 2.06 bits per heavy atom.